The lowest BCUT2D eigenvalue weighted by molar-refractivity contribution is 0.0639. The van der Waals surface area contributed by atoms with Crippen molar-refractivity contribution in [2.45, 2.75) is 38.8 Å². The van der Waals surface area contributed by atoms with Crippen LogP contribution in [0.15, 0.2) is 119 Å². The molecular weight excluding hydrogens is 925 g/mol. The number of benzene rings is 4. The average molecular weight is 969 g/mol. The number of aryl methyl sites for hydroxylation is 2. The van der Waals surface area contributed by atoms with E-state index in [-0.39, 0.29) is 80.0 Å². The number of hydrogen-bond acceptors (Lipinski definition) is 16. The van der Waals surface area contributed by atoms with Gasteiger partial charge < -0.3 is 18.9 Å². The van der Waals surface area contributed by atoms with E-state index in [4.69, 9.17) is 18.9 Å². The van der Waals surface area contributed by atoms with Crippen molar-refractivity contribution in [3.8, 4) is 23.0 Å². The van der Waals surface area contributed by atoms with Crippen molar-refractivity contribution in [3.63, 3.8) is 0 Å². The Balaban J connectivity index is 0.796. The zero-order valence-corrected chi connectivity index (χ0v) is 39.0. The molecule has 0 saturated carbocycles. The molecule has 10 rings (SSSR count). The van der Waals surface area contributed by atoms with Gasteiger partial charge in [0.15, 0.2) is 39.8 Å². The standard InChI is InChI=1S/C52H44N10O10/c1-69-38-13-11-31(16-23-59-42(56-45-37(51(59)67)15-20-55-58-45)18-25-61-47(63)33-7-3-4-8-34(33)48(61)64)29-40(38)71-27-28-72-41-30-32(12-14-39(41)70-2)17-24-60-43(57-46-44(52(60)68)53-21-22-54-46)19-26-62-49(65)35-9-5-6-10-36(35)50(62)66/h3-15,20-22,29-30H,16-19,23-28H2,1-2H3. The summed E-state index contributed by atoms with van der Waals surface area (Å²) in [6.45, 7) is 0.647. The molecule has 2 aliphatic heterocycles. The molecule has 0 radical (unpaired) electrons. The number of imide groups is 2. The first-order valence-electron chi connectivity index (χ1n) is 23.0. The van der Waals surface area contributed by atoms with Gasteiger partial charge in [0.1, 0.15) is 24.9 Å². The molecule has 6 heterocycles. The van der Waals surface area contributed by atoms with Gasteiger partial charge in [-0.1, -0.05) is 36.4 Å². The number of amides is 4. The molecule has 20 heteroatoms. The van der Waals surface area contributed by atoms with E-state index in [1.807, 2.05) is 24.3 Å². The number of hydrogen-bond donors (Lipinski definition) is 0. The van der Waals surface area contributed by atoms with Gasteiger partial charge in [0.2, 0.25) is 0 Å². The van der Waals surface area contributed by atoms with Gasteiger partial charge in [0.05, 0.1) is 48.1 Å². The number of carbonyl (C=O) groups excluding carboxylic acids is 4. The van der Waals surface area contributed by atoms with Crippen molar-refractivity contribution in [2.24, 2.45) is 0 Å². The van der Waals surface area contributed by atoms with E-state index in [1.54, 1.807) is 66.7 Å². The topological polar surface area (TPSA) is 233 Å². The molecule has 4 amide bonds. The highest BCUT2D eigenvalue weighted by Gasteiger charge is 2.36. The van der Waals surface area contributed by atoms with E-state index >= 15 is 0 Å². The fourth-order valence-electron chi connectivity index (χ4n) is 8.92. The molecule has 0 aliphatic carbocycles. The fraction of sp³-hybridized carbons (Fsp3) is 0.231. The van der Waals surface area contributed by atoms with Crippen LogP contribution in [0.1, 0.15) is 64.2 Å². The van der Waals surface area contributed by atoms with E-state index in [9.17, 15) is 28.8 Å². The third-order valence-corrected chi connectivity index (χ3v) is 12.6. The number of carbonyl (C=O) groups is 4. The molecule has 0 fully saturated rings. The number of methoxy groups -OCH3 is 2. The summed E-state index contributed by atoms with van der Waals surface area (Å²) in [5.41, 5.74) is 2.69. The van der Waals surface area contributed by atoms with Gasteiger partial charge in [-0.05, 0) is 78.6 Å². The first-order valence-corrected chi connectivity index (χ1v) is 23.0. The lowest BCUT2D eigenvalue weighted by atomic mass is 10.1. The average Bonchev–Trinajstić information content (AvgIpc) is 3.80. The van der Waals surface area contributed by atoms with Crippen molar-refractivity contribution in [2.75, 3.05) is 40.5 Å². The van der Waals surface area contributed by atoms with Crippen LogP contribution in [-0.4, -0.2) is 113 Å². The predicted octanol–water partition coefficient (Wildman–Crippen LogP) is 4.32. The molecule has 72 heavy (non-hydrogen) atoms. The van der Waals surface area contributed by atoms with Crippen molar-refractivity contribution in [1.29, 1.82) is 0 Å². The van der Waals surface area contributed by atoms with Crippen LogP contribution >= 0.6 is 0 Å². The number of ether oxygens (including phenoxy) is 4. The molecule has 20 nitrogen and oxygen atoms in total. The SMILES string of the molecule is COc1ccc(CCn2c(CCN3C(=O)c4ccccc4C3=O)nc3nnccc3c2=O)cc1OCCOc1cc(CCn2c(CCN3C(=O)c4ccccc4C3=O)nc3nccnc3c2=O)ccc1OC. The van der Waals surface area contributed by atoms with E-state index in [1.165, 1.54) is 51.7 Å². The Morgan fingerprint density at radius 2 is 0.944 bits per heavy atom. The van der Waals surface area contributed by atoms with Crippen LogP contribution in [-0.2, 0) is 38.8 Å². The Hall–Kier alpha value is -9.20. The number of aromatic nitrogens is 8. The largest absolute Gasteiger partial charge is 0.493 e. The molecule has 8 aromatic rings. The zero-order valence-electron chi connectivity index (χ0n) is 39.0. The smallest absolute Gasteiger partial charge is 0.281 e. The van der Waals surface area contributed by atoms with E-state index in [2.05, 4.69) is 30.1 Å². The first-order chi connectivity index (χ1) is 35.1. The quantitative estimate of drug-likeness (QED) is 0.0811. The molecule has 0 bridgehead atoms. The molecule has 4 aromatic heterocycles. The third kappa shape index (κ3) is 8.96. The van der Waals surface area contributed by atoms with E-state index < -0.39 is 29.2 Å². The lowest BCUT2D eigenvalue weighted by Crippen LogP contribution is -2.34. The second kappa shape index (κ2) is 20.0. The molecule has 0 spiro atoms. The molecule has 0 N–H and O–H groups in total. The van der Waals surface area contributed by atoms with E-state index in [0.29, 0.717) is 69.7 Å². The van der Waals surface area contributed by atoms with Gasteiger partial charge in [-0.15, -0.1) is 5.10 Å². The summed E-state index contributed by atoms with van der Waals surface area (Å²) >= 11 is 0. The van der Waals surface area contributed by atoms with Gasteiger partial charge in [0, 0.05) is 51.4 Å². The Labute approximate surface area is 409 Å². The molecular formula is C52H44N10O10. The number of nitrogens with zero attached hydrogens (tertiary/aromatic N) is 10. The summed E-state index contributed by atoms with van der Waals surface area (Å²) in [6.07, 6.45) is 5.27. The maximum Gasteiger partial charge on any atom is 0.281 e. The maximum absolute atomic E-state index is 13.9. The third-order valence-electron chi connectivity index (χ3n) is 12.6. The fourth-order valence-corrected chi connectivity index (χ4v) is 8.92. The minimum atomic E-state index is -0.400. The molecule has 2 aliphatic rings. The van der Waals surface area contributed by atoms with Crippen molar-refractivity contribution in [3.05, 3.63) is 175 Å². The second-order valence-electron chi connectivity index (χ2n) is 16.7. The van der Waals surface area contributed by atoms with Crippen molar-refractivity contribution < 1.29 is 38.1 Å². The summed E-state index contributed by atoms with van der Waals surface area (Å²) in [4.78, 5) is 100. The van der Waals surface area contributed by atoms with Crippen LogP contribution in [0.5, 0.6) is 23.0 Å². The lowest BCUT2D eigenvalue weighted by Gasteiger charge is -2.18. The Kier molecular flexibility index (Phi) is 12.9. The molecule has 0 saturated heterocycles. The predicted molar refractivity (Wildman–Crippen MR) is 259 cm³/mol. The number of rotatable bonds is 19. The van der Waals surface area contributed by atoms with Gasteiger partial charge in [-0.25, -0.2) is 19.9 Å². The number of fused-ring (bicyclic) bond motifs is 4. The van der Waals surface area contributed by atoms with Crippen LogP contribution in [0.3, 0.4) is 0 Å². The highest BCUT2D eigenvalue weighted by molar-refractivity contribution is 6.22. The van der Waals surface area contributed by atoms with Gasteiger partial charge >= 0.3 is 0 Å². The van der Waals surface area contributed by atoms with Crippen LogP contribution < -0.4 is 30.1 Å². The summed E-state index contributed by atoms with van der Waals surface area (Å²) in [6, 6.07) is 25.8. The summed E-state index contributed by atoms with van der Waals surface area (Å²) < 4.78 is 26.7. The van der Waals surface area contributed by atoms with Crippen LogP contribution in [0, 0.1) is 0 Å². The molecule has 4 aromatic carbocycles. The van der Waals surface area contributed by atoms with Crippen LogP contribution in [0.25, 0.3) is 22.2 Å². The van der Waals surface area contributed by atoms with Crippen LogP contribution in [0.2, 0.25) is 0 Å². The van der Waals surface area contributed by atoms with Gasteiger partial charge in [0.25, 0.3) is 34.7 Å². The Morgan fingerprint density at radius 3 is 1.44 bits per heavy atom. The highest BCUT2D eigenvalue weighted by Crippen LogP contribution is 2.31. The molecule has 362 valence electrons. The second-order valence-corrected chi connectivity index (χ2v) is 16.7. The highest BCUT2D eigenvalue weighted by atomic mass is 16.5. The maximum atomic E-state index is 13.9. The summed E-state index contributed by atoms with van der Waals surface area (Å²) in [5.74, 6) is 0.954. The molecule has 0 atom stereocenters. The summed E-state index contributed by atoms with van der Waals surface area (Å²) in [7, 11) is 3.07. The Morgan fingerprint density at radius 1 is 0.472 bits per heavy atom. The summed E-state index contributed by atoms with van der Waals surface area (Å²) in [5, 5.41) is 8.24. The van der Waals surface area contributed by atoms with Gasteiger partial charge in [-0.3, -0.25) is 47.7 Å². The minimum Gasteiger partial charge on any atom is -0.493 e. The Bertz CT molecular complexity index is 3290. The van der Waals surface area contributed by atoms with Crippen molar-refractivity contribution >= 4 is 45.8 Å². The molecule has 0 unspecified atom stereocenters. The normalized spacial score (nSPS) is 13.0. The van der Waals surface area contributed by atoms with Crippen molar-refractivity contribution in [1.82, 2.24) is 49.1 Å². The van der Waals surface area contributed by atoms with Gasteiger partial charge in [-0.2, -0.15) is 5.10 Å². The van der Waals surface area contributed by atoms with E-state index in [0.717, 1.165) is 11.1 Å². The minimum absolute atomic E-state index is 0.00978. The zero-order chi connectivity index (χ0) is 49.9. The van der Waals surface area contributed by atoms with Crippen LogP contribution in [0.4, 0.5) is 0 Å². The monoisotopic (exact) mass is 968 g/mol. The first kappa shape index (κ1) is 46.5.